The van der Waals surface area contributed by atoms with Gasteiger partial charge in [0.15, 0.2) is 5.82 Å². The summed E-state index contributed by atoms with van der Waals surface area (Å²) < 4.78 is 5.14. The van der Waals surface area contributed by atoms with Crippen molar-refractivity contribution in [3.8, 4) is 5.88 Å². The van der Waals surface area contributed by atoms with Gasteiger partial charge < -0.3 is 10.1 Å². The monoisotopic (exact) mass is 258 g/mol. The van der Waals surface area contributed by atoms with Gasteiger partial charge in [-0.2, -0.15) is 5.10 Å². The first-order valence-electron chi connectivity index (χ1n) is 6.04. The lowest BCUT2D eigenvalue weighted by Crippen LogP contribution is -2.24. The Balaban J connectivity index is 2.09. The molecule has 19 heavy (non-hydrogen) atoms. The number of nitrogens with one attached hydrogen (secondary N) is 2. The van der Waals surface area contributed by atoms with E-state index >= 15 is 0 Å². The highest BCUT2D eigenvalue weighted by Gasteiger charge is 2.31. The predicted octanol–water partition coefficient (Wildman–Crippen LogP) is 1.60. The second kappa shape index (κ2) is 4.38. The van der Waals surface area contributed by atoms with Crippen LogP contribution in [0.25, 0.3) is 0 Å². The molecule has 3 heterocycles. The third kappa shape index (κ3) is 1.95. The van der Waals surface area contributed by atoms with Crippen LogP contribution in [0.15, 0.2) is 18.2 Å². The average Bonchev–Trinajstić information content (AvgIpc) is 2.79. The first kappa shape index (κ1) is 11.7. The number of hydrogen-bond donors (Lipinski definition) is 2. The summed E-state index contributed by atoms with van der Waals surface area (Å²) in [6.45, 7) is 1.94. The van der Waals surface area contributed by atoms with Gasteiger partial charge in [0.25, 0.3) is 0 Å². The number of aromatic nitrogens is 3. The highest BCUT2D eigenvalue weighted by molar-refractivity contribution is 5.94. The van der Waals surface area contributed by atoms with Crippen LogP contribution >= 0.6 is 0 Å². The highest BCUT2D eigenvalue weighted by atomic mass is 16.5. The van der Waals surface area contributed by atoms with E-state index in [0.29, 0.717) is 18.1 Å². The van der Waals surface area contributed by atoms with E-state index in [2.05, 4.69) is 20.5 Å². The lowest BCUT2D eigenvalue weighted by Gasteiger charge is -2.22. The van der Waals surface area contributed by atoms with Gasteiger partial charge in [0, 0.05) is 29.7 Å². The van der Waals surface area contributed by atoms with Crippen molar-refractivity contribution in [3.63, 3.8) is 0 Å². The van der Waals surface area contributed by atoms with E-state index < -0.39 is 0 Å². The van der Waals surface area contributed by atoms with Crippen LogP contribution in [0.5, 0.6) is 5.88 Å². The fraction of sp³-hybridized carbons (Fsp3) is 0.308. The molecule has 0 radical (unpaired) electrons. The molecular formula is C13H14N4O2. The van der Waals surface area contributed by atoms with Crippen molar-refractivity contribution in [1.29, 1.82) is 0 Å². The second-order valence-corrected chi connectivity index (χ2v) is 4.52. The number of anilines is 1. The molecule has 1 amide bonds. The van der Waals surface area contributed by atoms with E-state index in [4.69, 9.17) is 4.74 Å². The number of H-pyrrole nitrogens is 1. The van der Waals surface area contributed by atoms with Crippen LogP contribution < -0.4 is 10.1 Å². The van der Waals surface area contributed by atoms with Crippen LogP contribution in [0.2, 0.25) is 0 Å². The van der Waals surface area contributed by atoms with Gasteiger partial charge >= 0.3 is 0 Å². The Morgan fingerprint density at radius 3 is 3.05 bits per heavy atom. The van der Waals surface area contributed by atoms with Gasteiger partial charge in [-0.05, 0) is 13.0 Å². The van der Waals surface area contributed by atoms with Gasteiger partial charge in [0.1, 0.15) is 0 Å². The third-order valence-corrected chi connectivity index (χ3v) is 3.30. The largest absolute Gasteiger partial charge is 0.481 e. The third-order valence-electron chi connectivity index (χ3n) is 3.30. The molecule has 0 spiro atoms. The lowest BCUT2D eigenvalue weighted by atomic mass is 9.89. The quantitative estimate of drug-likeness (QED) is 0.857. The molecule has 98 valence electrons. The maximum Gasteiger partial charge on any atom is 0.226 e. The number of ether oxygens (including phenoxy) is 1. The summed E-state index contributed by atoms with van der Waals surface area (Å²) in [7, 11) is 1.58. The molecule has 0 aliphatic carbocycles. The van der Waals surface area contributed by atoms with Crippen LogP contribution in [0.1, 0.15) is 29.3 Å². The molecule has 3 rings (SSSR count). The summed E-state index contributed by atoms with van der Waals surface area (Å²) in [5.74, 6) is 1.01. The van der Waals surface area contributed by atoms with Crippen LogP contribution in [0, 0.1) is 6.92 Å². The molecular weight excluding hydrogens is 244 g/mol. The Morgan fingerprint density at radius 1 is 1.42 bits per heavy atom. The number of hydrogen-bond acceptors (Lipinski definition) is 4. The van der Waals surface area contributed by atoms with Gasteiger partial charge in [0.05, 0.1) is 12.8 Å². The molecule has 0 bridgehead atoms. The van der Waals surface area contributed by atoms with E-state index in [1.807, 2.05) is 19.1 Å². The molecule has 0 fully saturated rings. The van der Waals surface area contributed by atoms with Crippen molar-refractivity contribution in [1.82, 2.24) is 15.2 Å². The van der Waals surface area contributed by atoms with Gasteiger partial charge in [-0.3, -0.25) is 9.89 Å². The van der Waals surface area contributed by atoms with Crippen LogP contribution in [-0.2, 0) is 4.79 Å². The molecule has 0 saturated heterocycles. The SMILES string of the molecule is COc1cccc(C2CC(=O)Nc3n[nH]c(C)c32)n1. The van der Waals surface area contributed by atoms with E-state index in [0.717, 1.165) is 17.0 Å². The lowest BCUT2D eigenvalue weighted by molar-refractivity contribution is -0.116. The van der Waals surface area contributed by atoms with Crippen LogP contribution in [-0.4, -0.2) is 28.2 Å². The van der Waals surface area contributed by atoms with Crippen molar-refractivity contribution in [3.05, 3.63) is 35.2 Å². The summed E-state index contributed by atoms with van der Waals surface area (Å²) in [6, 6.07) is 5.57. The molecule has 1 aliphatic heterocycles. The minimum atomic E-state index is -0.0856. The minimum absolute atomic E-state index is 0.0476. The number of carbonyl (C=O) groups excluding carboxylic acids is 1. The Hall–Kier alpha value is -2.37. The Labute approximate surface area is 110 Å². The molecule has 6 heteroatoms. The summed E-state index contributed by atoms with van der Waals surface area (Å²) >= 11 is 0. The number of carbonyl (C=O) groups is 1. The molecule has 2 aromatic heterocycles. The van der Waals surface area contributed by atoms with Crippen molar-refractivity contribution in [2.24, 2.45) is 0 Å². The Kier molecular flexibility index (Phi) is 2.70. The topological polar surface area (TPSA) is 79.9 Å². The van der Waals surface area contributed by atoms with E-state index in [-0.39, 0.29) is 11.8 Å². The zero-order chi connectivity index (χ0) is 13.4. The number of nitrogens with zero attached hydrogens (tertiary/aromatic N) is 2. The summed E-state index contributed by atoms with van der Waals surface area (Å²) in [5, 5.41) is 9.78. The number of aryl methyl sites for hydroxylation is 1. The van der Waals surface area contributed by atoms with E-state index in [9.17, 15) is 4.79 Å². The number of amides is 1. The maximum absolute atomic E-state index is 11.7. The molecule has 1 unspecified atom stereocenters. The van der Waals surface area contributed by atoms with Gasteiger partial charge in [0.2, 0.25) is 11.8 Å². The fourth-order valence-electron chi connectivity index (χ4n) is 2.42. The van der Waals surface area contributed by atoms with Gasteiger partial charge in [-0.25, -0.2) is 4.98 Å². The van der Waals surface area contributed by atoms with Crippen molar-refractivity contribution in [2.45, 2.75) is 19.3 Å². The first-order chi connectivity index (χ1) is 9.19. The molecule has 2 aromatic rings. The van der Waals surface area contributed by atoms with E-state index in [1.54, 1.807) is 13.2 Å². The van der Waals surface area contributed by atoms with Crippen LogP contribution in [0.4, 0.5) is 5.82 Å². The standard InChI is InChI=1S/C13H14N4O2/c1-7-12-8(6-10(18)15-13(12)17-16-7)9-4-3-5-11(14-9)19-2/h3-5,8H,6H2,1-2H3,(H2,15,16,17,18). The molecule has 1 aliphatic rings. The molecule has 0 aromatic carbocycles. The van der Waals surface area contributed by atoms with Gasteiger partial charge in [-0.1, -0.05) is 6.07 Å². The zero-order valence-electron chi connectivity index (χ0n) is 10.7. The first-order valence-corrected chi connectivity index (χ1v) is 6.04. The van der Waals surface area contributed by atoms with Crippen molar-refractivity contribution in [2.75, 3.05) is 12.4 Å². The highest BCUT2D eigenvalue weighted by Crippen LogP contribution is 2.37. The predicted molar refractivity (Wildman–Crippen MR) is 69.2 cm³/mol. The van der Waals surface area contributed by atoms with Gasteiger partial charge in [-0.15, -0.1) is 0 Å². The maximum atomic E-state index is 11.7. The molecule has 0 saturated carbocycles. The number of aromatic amines is 1. The van der Waals surface area contributed by atoms with Crippen LogP contribution in [0.3, 0.4) is 0 Å². The molecule has 6 nitrogen and oxygen atoms in total. The summed E-state index contributed by atoms with van der Waals surface area (Å²) in [6.07, 6.45) is 0.369. The average molecular weight is 258 g/mol. The summed E-state index contributed by atoms with van der Waals surface area (Å²) in [4.78, 5) is 16.2. The number of pyridine rings is 1. The molecule has 1 atom stereocenters. The van der Waals surface area contributed by atoms with Crippen molar-refractivity contribution >= 4 is 11.7 Å². The second-order valence-electron chi connectivity index (χ2n) is 4.52. The fourth-order valence-corrected chi connectivity index (χ4v) is 2.42. The Bertz CT molecular complexity index is 635. The summed E-state index contributed by atoms with van der Waals surface area (Å²) in [5.41, 5.74) is 2.77. The normalized spacial score (nSPS) is 17.8. The molecule has 2 N–H and O–H groups in total. The number of rotatable bonds is 2. The minimum Gasteiger partial charge on any atom is -0.481 e. The smallest absolute Gasteiger partial charge is 0.226 e. The number of methoxy groups -OCH3 is 1. The zero-order valence-corrected chi connectivity index (χ0v) is 10.7. The van der Waals surface area contributed by atoms with Crippen molar-refractivity contribution < 1.29 is 9.53 Å². The number of fused-ring (bicyclic) bond motifs is 1. The van der Waals surface area contributed by atoms with E-state index in [1.165, 1.54) is 0 Å². The Morgan fingerprint density at radius 2 is 2.26 bits per heavy atom.